The SMILES string of the molecule is COc1c(/C(C)=C/C(=O)Nc2nc3ccc(S(C)(=O)=O)cc3s2)cc2c(C)c(C)oc2c1C. The van der Waals surface area contributed by atoms with E-state index in [1.807, 2.05) is 33.8 Å². The van der Waals surface area contributed by atoms with Crippen LogP contribution in [0.15, 0.2) is 39.7 Å². The van der Waals surface area contributed by atoms with Crippen LogP contribution >= 0.6 is 11.3 Å². The highest BCUT2D eigenvalue weighted by Crippen LogP contribution is 2.38. The van der Waals surface area contributed by atoms with Gasteiger partial charge in [0.05, 0.1) is 22.2 Å². The quantitative estimate of drug-likeness (QED) is 0.380. The molecule has 0 spiro atoms. The number of carbonyl (C=O) groups excluding carboxylic acids is 1. The number of ether oxygens (including phenoxy) is 1. The van der Waals surface area contributed by atoms with Gasteiger partial charge in [0.1, 0.15) is 17.1 Å². The van der Waals surface area contributed by atoms with E-state index in [2.05, 4.69) is 10.3 Å². The largest absolute Gasteiger partial charge is 0.496 e. The summed E-state index contributed by atoms with van der Waals surface area (Å²) in [6.45, 7) is 7.72. The van der Waals surface area contributed by atoms with Gasteiger partial charge in [0.25, 0.3) is 0 Å². The van der Waals surface area contributed by atoms with E-state index in [0.717, 1.165) is 45.2 Å². The number of benzene rings is 2. The number of anilines is 1. The highest BCUT2D eigenvalue weighted by atomic mass is 32.2. The third-order valence-corrected chi connectivity index (χ3v) is 7.68. The van der Waals surface area contributed by atoms with Gasteiger partial charge in [-0.15, -0.1) is 0 Å². The van der Waals surface area contributed by atoms with Gasteiger partial charge < -0.3 is 9.15 Å². The van der Waals surface area contributed by atoms with Crippen LogP contribution in [-0.4, -0.2) is 32.7 Å². The fourth-order valence-electron chi connectivity index (χ4n) is 3.77. The van der Waals surface area contributed by atoms with Crippen molar-refractivity contribution in [3.63, 3.8) is 0 Å². The third kappa shape index (κ3) is 4.26. The number of methoxy groups -OCH3 is 1. The second kappa shape index (κ2) is 8.31. The Bertz CT molecular complexity index is 1560. The van der Waals surface area contributed by atoms with E-state index in [1.165, 1.54) is 23.5 Å². The molecule has 7 nitrogen and oxygen atoms in total. The summed E-state index contributed by atoms with van der Waals surface area (Å²) in [5, 5.41) is 4.16. The number of thiazole rings is 1. The number of aromatic nitrogens is 1. The van der Waals surface area contributed by atoms with E-state index >= 15 is 0 Å². The Hall–Kier alpha value is -3.17. The molecule has 2 aromatic carbocycles. The number of furan rings is 1. The van der Waals surface area contributed by atoms with Crippen LogP contribution in [0.3, 0.4) is 0 Å². The van der Waals surface area contributed by atoms with Crippen LogP contribution in [0, 0.1) is 20.8 Å². The molecule has 0 fully saturated rings. The number of allylic oxidation sites excluding steroid dienone is 1. The minimum Gasteiger partial charge on any atom is -0.496 e. The fraction of sp³-hybridized carbons (Fsp3) is 0.250. The first-order valence-corrected chi connectivity index (χ1v) is 12.9. The normalized spacial score (nSPS) is 12.5. The van der Waals surface area contributed by atoms with E-state index in [-0.39, 0.29) is 10.8 Å². The zero-order valence-electron chi connectivity index (χ0n) is 19.2. The summed E-state index contributed by atoms with van der Waals surface area (Å²) >= 11 is 1.22. The summed E-state index contributed by atoms with van der Waals surface area (Å²) in [4.78, 5) is 17.3. The Morgan fingerprint density at radius 3 is 2.58 bits per heavy atom. The lowest BCUT2D eigenvalue weighted by atomic mass is 9.98. The van der Waals surface area contributed by atoms with Gasteiger partial charge in [-0.25, -0.2) is 13.4 Å². The van der Waals surface area contributed by atoms with Gasteiger partial charge in [0, 0.05) is 28.8 Å². The molecule has 0 aliphatic carbocycles. The standard InChI is InChI=1S/C24H24N2O5S2/c1-12(17-11-18-13(2)15(4)31-23(18)14(3)22(17)30-5)9-21(27)26-24-25-19-8-7-16(33(6,28)29)10-20(19)32-24/h7-11H,1-6H3,(H,25,26,27)/b12-9+. The lowest BCUT2D eigenvalue weighted by Gasteiger charge is -2.13. The number of carbonyl (C=O) groups is 1. The molecule has 9 heteroatoms. The number of amides is 1. The maximum absolute atomic E-state index is 12.7. The molecule has 172 valence electrons. The predicted octanol–water partition coefficient (Wildman–Crippen LogP) is 5.42. The molecule has 0 bridgehead atoms. The van der Waals surface area contributed by atoms with Crippen molar-refractivity contribution in [1.82, 2.24) is 4.98 Å². The Kier molecular flexibility index (Phi) is 5.79. The molecular formula is C24H24N2O5S2. The van der Waals surface area contributed by atoms with Gasteiger partial charge >= 0.3 is 0 Å². The lowest BCUT2D eigenvalue weighted by molar-refractivity contribution is -0.111. The summed E-state index contributed by atoms with van der Waals surface area (Å²) < 4.78 is 35.8. The first-order chi connectivity index (χ1) is 15.5. The molecule has 0 atom stereocenters. The van der Waals surface area contributed by atoms with Crippen molar-refractivity contribution in [2.45, 2.75) is 32.6 Å². The van der Waals surface area contributed by atoms with E-state index in [1.54, 1.807) is 19.2 Å². The zero-order chi connectivity index (χ0) is 24.1. The third-order valence-electron chi connectivity index (χ3n) is 5.64. The van der Waals surface area contributed by atoms with Gasteiger partial charge in [-0.3, -0.25) is 10.1 Å². The fourth-order valence-corrected chi connectivity index (χ4v) is 5.40. The molecular weight excluding hydrogens is 460 g/mol. The van der Waals surface area contributed by atoms with Crippen LogP contribution in [-0.2, 0) is 14.6 Å². The summed E-state index contributed by atoms with van der Waals surface area (Å²) in [7, 11) is -1.72. The molecule has 0 radical (unpaired) electrons. The summed E-state index contributed by atoms with van der Waals surface area (Å²) in [5.41, 5.74) is 4.87. The number of sulfone groups is 1. The Balaban J connectivity index is 1.66. The van der Waals surface area contributed by atoms with Gasteiger partial charge in [0.2, 0.25) is 5.91 Å². The number of hydrogen-bond acceptors (Lipinski definition) is 7. The number of hydrogen-bond donors (Lipinski definition) is 1. The van der Waals surface area contributed by atoms with Gasteiger partial charge in [-0.2, -0.15) is 0 Å². The predicted molar refractivity (Wildman–Crippen MR) is 132 cm³/mol. The van der Waals surface area contributed by atoms with Crippen molar-refractivity contribution < 1.29 is 22.4 Å². The van der Waals surface area contributed by atoms with E-state index in [9.17, 15) is 13.2 Å². The molecule has 0 saturated carbocycles. The minimum atomic E-state index is -3.32. The molecule has 33 heavy (non-hydrogen) atoms. The van der Waals surface area contributed by atoms with Crippen molar-refractivity contribution >= 4 is 59.0 Å². The molecule has 0 saturated heterocycles. The first-order valence-electron chi connectivity index (χ1n) is 10.2. The number of rotatable bonds is 5. The highest BCUT2D eigenvalue weighted by molar-refractivity contribution is 7.90. The van der Waals surface area contributed by atoms with Crippen LogP contribution in [0.2, 0.25) is 0 Å². The average molecular weight is 485 g/mol. The maximum Gasteiger partial charge on any atom is 0.250 e. The van der Waals surface area contributed by atoms with Crippen LogP contribution in [0.4, 0.5) is 5.13 Å². The molecule has 2 aromatic heterocycles. The summed E-state index contributed by atoms with van der Waals surface area (Å²) in [5.74, 6) is 1.17. The minimum absolute atomic E-state index is 0.218. The van der Waals surface area contributed by atoms with Crippen molar-refractivity contribution in [3.8, 4) is 5.75 Å². The number of aryl methyl sites for hydroxylation is 3. The van der Waals surface area contributed by atoms with Crippen LogP contribution < -0.4 is 10.1 Å². The maximum atomic E-state index is 12.7. The van der Waals surface area contributed by atoms with Crippen molar-refractivity contribution in [2.75, 3.05) is 18.7 Å². The van der Waals surface area contributed by atoms with E-state index in [0.29, 0.717) is 21.1 Å². The van der Waals surface area contributed by atoms with Crippen LogP contribution in [0.25, 0.3) is 26.8 Å². The molecule has 2 heterocycles. The number of nitrogens with zero attached hydrogens (tertiary/aromatic N) is 1. The number of nitrogens with one attached hydrogen (secondary N) is 1. The van der Waals surface area contributed by atoms with Crippen molar-refractivity contribution in [1.29, 1.82) is 0 Å². The van der Waals surface area contributed by atoms with E-state index < -0.39 is 9.84 Å². The molecule has 0 aliphatic rings. The Morgan fingerprint density at radius 2 is 1.91 bits per heavy atom. The molecule has 1 amide bonds. The number of fused-ring (bicyclic) bond motifs is 2. The van der Waals surface area contributed by atoms with E-state index in [4.69, 9.17) is 9.15 Å². The monoisotopic (exact) mass is 484 g/mol. The second-order valence-electron chi connectivity index (χ2n) is 7.98. The molecule has 1 N–H and O–H groups in total. The van der Waals surface area contributed by atoms with Crippen molar-refractivity contribution in [2.24, 2.45) is 0 Å². The van der Waals surface area contributed by atoms with Gasteiger partial charge in [0.15, 0.2) is 15.0 Å². The van der Waals surface area contributed by atoms with Gasteiger partial charge in [-0.05, 0) is 63.1 Å². The second-order valence-corrected chi connectivity index (χ2v) is 11.0. The highest BCUT2D eigenvalue weighted by Gasteiger charge is 2.19. The molecule has 0 unspecified atom stereocenters. The Morgan fingerprint density at radius 1 is 1.18 bits per heavy atom. The first kappa shape index (κ1) is 23.0. The summed E-state index contributed by atoms with van der Waals surface area (Å²) in [6, 6.07) is 6.70. The van der Waals surface area contributed by atoms with Gasteiger partial charge in [-0.1, -0.05) is 11.3 Å². The molecule has 4 aromatic rings. The smallest absolute Gasteiger partial charge is 0.250 e. The lowest BCUT2D eigenvalue weighted by Crippen LogP contribution is -2.08. The Labute approximate surface area is 196 Å². The van der Waals surface area contributed by atoms with Crippen LogP contribution in [0.1, 0.15) is 29.4 Å². The molecule has 0 aliphatic heterocycles. The van der Waals surface area contributed by atoms with Crippen LogP contribution in [0.5, 0.6) is 5.75 Å². The summed E-state index contributed by atoms with van der Waals surface area (Å²) in [6.07, 6.45) is 2.66. The molecule has 4 rings (SSSR count). The zero-order valence-corrected chi connectivity index (χ0v) is 20.8. The topological polar surface area (TPSA) is 98.5 Å². The average Bonchev–Trinajstić information content (AvgIpc) is 3.26. The van der Waals surface area contributed by atoms with Crippen molar-refractivity contribution in [3.05, 3.63) is 52.8 Å².